The van der Waals surface area contributed by atoms with Crippen LogP contribution in [0, 0.1) is 0 Å². The molecular formula is C21H29F5N6O5. The molecule has 2 atom stereocenters. The molecule has 1 aromatic rings. The Balaban J connectivity index is 1.82. The van der Waals surface area contributed by atoms with Crippen LogP contribution in [-0.2, 0) is 33.3 Å². The van der Waals surface area contributed by atoms with Crippen LogP contribution in [0.25, 0.3) is 0 Å². The number of morpholine rings is 1. The number of amides is 3. The SMILES string of the molecule is C[C@H]1CN(C[C@H](CC(=O)N2CCn3c(nnc3C(F)(F)C(F)(F)F)C2)N(C(=O)O)C(C)(C)C)C(=O)CO1. The lowest BCUT2D eigenvalue weighted by molar-refractivity contribution is -0.293. The van der Waals surface area contributed by atoms with Crippen LogP contribution in [0.1, 0.15) is 45.8 Å². The van der Waals surface area contributed by atoms with Gasteiger partial charge in [0.1, 0.15) is 6.61 Å². The standard InChI is InChI=1S/C21H29F5N6O5/c1-12-8-30(16(34)11-37-12)9-13(32(18(35)36)19(2,3)4)7-15(33)29-5-6-31-14(10-29)27-28-17(31)20(22,23)21(24,25)26/h12-13H,5-11H2,1-4H3,(H,35,36)/t12-,13-/m0/s1. The molecule has 1 saturated heterocycles. The first-order valence-corrected chi connectivity index (χ1v) is 11.5. The van der Waals surface area contributed by atoms with Gasteiger partial charge in [-0.2, -0.15) is 22.0 Å². The monoisotopic (exact) mass is 540 g/mol. The molecule has 0 radical (unpaired) electrons. The van der Waals surface area contributed by atoms with Gasteiger partial charge >= 0.3 is 18.2 Å². The van der Waals surface area contributed by atoms with E-state index in [1.807, 2.05) is 0 Å². The molecule has 0 aliphatic carbocycles. The van der Waals surface area contributed by atoms with Crippen molar-refractivity contribution >= 4 is 17.9 Å². The second-order valence-electron chi connectivity index (χ2n) is 10.1. The highest BCUT2D eigenvalue weighted by atomic mass is 19.4. The second-order valence-corrected chi connectivity index (χ2v) is 10.1. The second kappa shape index (κ2) is 10.0. The minimum atomic E-state index is -5.86. The highest BCUT2D eigenvalue weighted by Gasteiger charge is 2.62. The molecule has 1 N–H and O–H groups in total. The third-order valence-corrected chi connectivity index (χ3v) is 6.20. The minimum absolute atomic E-state index is 0.0895. The van der Waals surface area contributed by atoms with Crippen molar-refractivity contribution in [3.05, 3.63) is 11.6 Å². The number of carboxylic acid groups (broad SMARTS) is 1. The normalized spacial score (nSPS) is 20.0. The molecular weight excluding hydrogens is 511 g/mol. The van der Waals surface area contributed by atoms with E-state index >= 15 is 0 Å². The summed E-state index contributed by atoms with van der Waals surface area (Å²) in [6.07, 6.45) is -7.82. The average molecular weight is 540 g/mol. The lowest BCUT2D eigenvalue weighted by atomic mass is 10.00. The van der Waals surface area contributed by atoms with E-state index in [2.05, 4.69) is 10.2 Å². The number of fused-ring (bicyclic) bond motifs is 1. The van der Waals surface area contributed by atoms with Gasteiger partial charge in [0.2, 0.25) is 17.6 Å². The Kier molecular flexibility index (Phi) is 7.73. The average Bonchev–Trinajstić information content (AvgIpc) is 3.18. The lowest BCUT2D eigenvalue weighted by Gasteiger charge is -2.43. The number of hydrogen-bond donors (Lipinski definition) is 1. The number of hydrogen-bond acceptors (Lipinski definition) is 6. The smallest absolute Gasteiger partial charge is 0.461 e. The number of aromatic nitrogens is 3. The molecule has 2 aliphatic heterocycles. The zero-order chi connectivity index (χ0) is 27.9. The maximum Gasteiger partial charge on any atom is 0.461 e. The Bertz CT molecular complexity index is 1040. The van der Waals surface area contributed by atoms with Crippen molar-refractivity contribution in [1.29, 1.82) is 0 Å². The molecule has 16 heteroatoms. The van der Waals surface area contributed by atoms with Gasteiger partial charge in [0.25, 0.3) is 0 Å². The van der Waals surface area contributed by atoms with Gasteiger partial charge in [-0.25, -0.2) is 4.79 Å². The highest BCUT2D eigenvalue weighted by Crippen LogP contribution is 2.43. The Morgan fingerprint density at radius 2 is 1.81 bits per heavy atom. The van der Waals surface area contributed by atoms with E-state index in [1.165, 1.54) is 9.80 Å². The third kappa shape index (κ3) is 5.93. The van der Waals surface area contributed by atoms with E-state index in [1.54, 1.807) is 27.7 Å². The van der Waals surface area contributed by atoms with Gasteiger partial charge < -0.3 is 24.2 Å². The molecule has 0 bridgehead atoms. The van der Waals surface area contributed by atoms with Crippen LogP contribution in [0.4, 0.5) is 26.7 Å². The van der Waals surface area contributed by atoms with Crippen molar-refractivity contribution in [2.75, 3.05) is 26.2 Å². The molecule has 11 nitrogen and oxygen atoms in total. The number of rotatable bonds is 6. The van der Waals surface area contributed by atoms with Gasteiger partial charge in [0, 0.05) is 38.1 Å². The zero-order valence-corrected chi connectivity index (χ0v) is 20.8. The van der Waals surface area contributed by atoms with Gasteiger partial charge in [-0.15, -0.1) is 10.2 Å². The van der Waals surface area contributed by atoms with Gasteiger partial charge in [-0.05, 0) is 27.7 Å². The van der Waals surface area contributed by atoms with Crippen molar-refractivity contribution in [2.45, 2.75) is 77.0 Å². The number of halogens is 5. The molecule has 1 aromatic heterocycles. The van der Waals surface area contributed by atoms with Gasteiger partial charge in [0.15, 0.2) is 5.82 Å². The molecule has 1 fully saturated rings. The Hall–Kier alpha value is -3.04. The van der Waals surface area contributed by atoms with Crippen LogP contribution >= 0.6 is 0 Å². The van der Waals surface area contributed by atoms with E-state index in [9.17, 15) is 41.4 Å². The van der Waals surface area contributed by atoms with Gasteiger partial charge in [-0.3, -0.25) is 14.5 Å². The van der Waals surface area contributed by atoms with Crippen LogP contribution in [0.15, 0.2) is 0 Å². The number of ether oxygens (including phenoxy) is 1. The molecule has 0 saturated carbocycles. The predicted octanol–water partition coefficient (Wildman–Crippen LogP) is 2.06. The molecule has 0 spiro atoms. The Morgan fingerprint density at radius 3 is 2.38 bits per heavy atom. The van der Waals surface area contributed by atoms with Crippen LogP contribution in [0.3, 0.4) is 0 Å². The van der Waals surface area contributed by atoms with E-state index in [-0.39, 0.29) is 57.0 Å². The first-order chi connectivity index (χ1) is 16.9. The summed E-state index contributed by atoms with van der Waals surface area (Å²) < 4.78 is 72.1. The molecule has 0 aromatic carbocycles. The van der Waals surface area contributed by atoms with Crippen LogP contribution in [0.5, 0.6) is 0 Å². The lowest BCUT2D eigenvalue weighted by Crippen LogP contribution is -2.58. The number of carbonyl (C=O) groups is 3. The van der Waals surface area contributed by atoms with Crippen molar-refractivity contribution in [1.82, 2.24) is 29.5 Å². The van der Waals surface area contributed by atoms with Crippen molar-refractivity contribution in [3.8, 4) is 0 Å². The summed E-state index contributed by atoms with van der Waals surface area (Å²) in [5.41, 5.74) is -0.947. The fraction of sp³-hybridized carbons (Fsp3) is 0.762. The van der Waals surface area contributed by atoms with E-state index in [0.29, 0.717) is 4.57 Å². The van der Waals surface area contributed by atoms with Crippen LogP contribution < -0.4 is 0 Å². The molecule has 0 unspecified atom stereocenters. The highest BCUT2D eigenvalue weighted by molar-refractivity contribution is 5.80. The van der Waals surface area contributed by atoms with Crippen molar-refractivity contribution in [3.63, 3.8) is 0 Å². The molecule has 2 aliphatic rings. The number of alkyl halides is 5. The molecule has 3 heterocycles. The summed E-state index contributed by atoms with van der Waals surface area (Å²) >= 11 is 0. The predicted molar refractivity (Wildman–Crippen MR) is 115 cm³/mol. The Labute approximate surface area is 209 Å². The number of nitrogens with zero attached hydrogens (tertiary/aromatic N) is 6. The third-order valence-electron chi connectivity index (χ3n) is 6.20. The summed E-state index contributed by atoms with van der Waals surface area (Å²) in [6, 6.07) is -0.968. The maximum absolute atomic E-state index is 13.8. The fourth-order valence-corrected chi connectivity index (χ4v) is 4.49. The summed E-state index contributed by atoms with van der Waals surface area (Å²) in [5.74, 6) is -7.96. The summed E-state index contributed by atoms with van der Waals surface area (Å²) in [5, 5.41) is 16.4. The topological polar surface area (TPSA) is 121 Å². The summed E-state index contributed by atoms with van der Waals surface area (Å²) in [7, 11) is 0. The first kappa shape index (κ1) is 28.5. The van der Waals surface area contributed by atoms with Crippen molar-refractivity contribution in [2.24, 2.45) is 0 Å². The maximum atomic E-state index is 13.8. The number of carbonyl (C=O) groups excluding carboxylic acids is 2. The molecule has 3 amide bonds. The van der Waals surface area contributed by atoms with E-state index in [0.717, 1.165) is 4.90 Å². The van der Waals surface area contributed by atoms with Crippen LogP contribution in [-0.4, -0.2) is 103 Å². The summed E-state index contributed by atoms with van der Waals surface area (Å²) in [4.78, 5) is 41.4. The largest absolute Gasteiger partial charge is 0.465 e. The van der Waals surface area contributed by atoms with Crippen molar-refractivity contribution < 1.29 is 46.2 Å². The Morgan fingerprint density at radius 1 is 1.16 bits per heavy atom. The van der Waals surface area contributed by atoms with E-state index < -0.39 is 48.0 Å². The molecule has 3 rings (SSSR count). The zero-order valence-electron chi connectivity index (χ0n) is 20.8. The van der Waals surface area contributed by atoms with E-state index in [4.69, 9.17) is 4.74 Å². The molecule has 37 heavy (non-hydrogen) atoms. The van der Waals surface area contributed by atoms with Gasteiger partial charge in [0.05, 0.1) is 18.7 Å². The quantitative estimate of drug-likeness (QED) is 0.549. The van der Waals surface area contributed by atoms with Crippen LogP contribution in [0.2, 0.25) is 0 Å². The fourth-order valence-electron chi connectivity index (χ4n) is 4.49. The van der Waals surface area contributed by atoms with Gasteiger partial charge in [-0.1, -0.05) is 0 Å². The minimum Gasteiger partial charge on any atom is -0.465 e. The molecule has 208 valence electrons. The first-order valence-electron chi connectivity index (χ1n) is 11.5. The summed E-state index contributed by atoms with van der Waals surface area (Å²) in [6.45, 7) is 5.57.